The molecular weight excluding hydrogens is 458 g/mol. The molecule has 0 aliphatic rings. The molecule has 0 unspecified atom stereocenters. The third kappa shape index (κ3) is 3.32. The molecule has 25 heavy (non-hydrogen) atoms. The molecule has 0 aliphatic heterocycles. The van der Waals surface area contributed by atoms with Crippen molar-refractivity contribution in [2.45, 2.75) is 0 Å². The maximum absolute atomic E-state index is 12.5. The largest absolute Gasteiger partial charge is 0.506 e. The maximum atomic E-state index is 12.5. The van der Waals surface area contributed by atoms with Gasteiger partial charge in [-0.3, -0.25) is 4.79 Å². The molecule has 1 heterocycles. The molecule has 3 aromatic rings. The molecular formula is C17H13Br2NO5. The van der Waals surface area contributed by atoms with Crippen LogP contribution in [0.5, 0.6) is 17.2 Å². The molecule has 6 nitrogen and oxygen atoms in total. The third-order valence-corrected chi connectivity index (χ3v) is 4.96. The van der Waals surface area contributed by atoms with Gasteiger partial charge in [0.2, 0.25) is 0 Å². The molecule has 0 saturated heterocycles. The van der Waals surface area contributed by atoms with Gasteiger partial charge in [-0.1, -0.05) is 0 Å². The highest BCUT2D eigenvalue weighted by Gasteiger charge is 2.18. The maximum Gasteiger partial charge on any atom is 0.291 e. The number of nitrogens with one attached hydrogen (secondary N) is 1. The zero-order chi connectivity index (χ0) is 18.1. The van der Waals surface area contributed by atoms with Gasteiger partial charge in [0, 0.05) is 17.1 Å². The lowest BCUT2D eigenvalue weighted by Gasteiger charge is -2.09. The molecule has 0 radical (unpaired) electrons. The van der Waals surface area contributed by atoms with Crippen LogP contribution in [0.3, 0.4) is 0 Å². The van der Waals surface area contributed by atoms with Gasteiger partial charge >= 0.3 is 0 Å². The van der Waals surface area contributed by atoms with Crippen LogP contribution >= 0.6 is 31.9 Å². The summed E-state index contributed by atoms with van der Waals surface area (Å²) in [4.78, 5) is 12.5. The van der Waals surface area contributed by atoms with Gasteiger partial charge in [-0.15, -0.1) is 0 Å². The molecule has 8 heteroatoms. The number of fused-ring (bicyclic) bond motifs is 1. The number of amides is 1. The van der Waals surface area contributed by atoms with E-state index < -0.39 is 5.91 Å². The number of benzene rings is 2. The number of furan rings is 1. The Bertz CT molecular complexity index is 967. The van der Waals surface area contributed by atoms with Crippen LogP contribution in [0.25, 0.3) is 11.0 Å². The Balaban J connectivity index is 1.91. The highest BCUT2D eigenvalue weighted by Crippen LogP contribution is 2.40. The number of methoxy groups -OCH3 is 2. The van der Waals surface area contributed by atoms with Crippen molar-refractivity contribution in [2.75, 3.05) is 19.5 Å². The molecule has 0 bridgehead atoms. The molecule has 3 rings (SSSR count). The van der Waals surface area contributed by atoms with Crippen molar-refractivity contribution in [2.24, 2.45) is 0 Å². The Morgan fingerprint density at radius 2 is 1.84 bits per heavy atom. The number of rotatable bonds is 4. The van der Waals surface area contributed by atoms with Gasteiger partial charge in [0.15, 0.2) is 17.3 Å². The van der Waals surface area contributed by atoms with Gasteiger partial charge in [0.1, 0.15) is 11.3 Å². The molecule has 0 saturated carbocycles. The van der Waals surface area contributed by atoms with Crippen LogP contribution in [0.15, 0.2) is 43.7 Å². The van der Waals surface area contributed by atoms with E-state index in [1.807, 2.05) is 0 Å². The topological polar surface area (TPSA) is 80.9 Å². The van der Waals surface area contributed by atoms with Crippen molar-refractivity contribution < 1.29 is 23.8 Å². The van der Waals surface area contributed by atoms with E-state index in [1.54, 1.807) is 30.3 Å². The minimum atomic E-state index is -0.425. The van der Waals surface area contributed by atoms with E-state index >= 15 is 0 Å². The molecule has 0 spiro atoms. The fraction of sp³-hybridized carbons (Fsp3) is 0.118. The van der Waals surface area contributed by atoms with Crippen LogP contribution in [0, 0.1) is 0 Å². The van der Waals surface area contributed by atoms with Crippen molar-refractivity contribution in [3.05, 3.63) is 45.0 Å². The first-order valence-electron chi connectivity index (χ1n) is 7.08. The van der Waals surface area contributed by atoms with Crippen LogP contribution < -0.4 is 14.8 Å². The van der Waals surface area contributed by atoms with E-state index in [0.717, 1.165) is 0 Å². The second-order valence-corrected chi connectivity index (χ2v) is 6.71. The number of hydrogen-bond donors (Lipinski definition) is 2. The van der Waals surface area contributed by atoms with E-state index in [0.29, 0.717) is 37.1 Å². The summed E-state index contributed by atoms with van der Waals surface area (Å²) >= 11 is 6.52. The normalized spacial score (nSPS) is 10.7. The van der Waals surface area contributed by atoms with Crippen LogP contribution in [-0.2, 0) is 0 Å². The number of ether oxygens (including phenoxy) is 2. The summed E-state index contributed by atoms with van der Waals surface area (Å²) in [6.07, 6.45) is 0. The molecule has 2 aromatic carbocycles. The van der Waals surface area contributed by atoms with Gasteiger partial charge in [-0.2, -0.15) is 0 Å². The molecule has 130 valence electrons. The lowest BCUT2D eigenvalue weighted by atomic mass is 10.2. The predicted molar refractivity (Wildman–Crippen MR) is 101 cm³/mol. The first kappa shape index (κ1) is 17.6. The Morgan fingerprint density at radius 3 is 2.52 bits per heavy atom. The molecule has 1 aromatic heterocycles. The minimum Gasteiger partial charge on any atom is -0.506 e. The quantitative estimate of drug-likeness (QED) is 0.564. The Labute approximate surface area is 160 Å². The van der Waals surface area contributed by atoms with Gasteiger partial charge in [0.25, 0.3) is 5.91 Å². The highest BCUT2D eigenvalue weighted by atomic mass is 79.9. The summed E-state index contributed by atoms with van der Waals surface area (Å²) in [7, 11) is 3.06. The van der Waals surface area contributed by atoms with Gasteiger partial charge in [0.05, 0.1) is 23.2 Å². The summed E-state index contributed by atoms with van der Waals surface area (Å²) in [5, 5.41) is 13.3. The number of hydrogen-bond acceptors (Lipinski definition) is 5. The van der Waals surface area contributed by atoms with Crippen LogP contribution in [-0.4, -0.2) is 25.2 Å². The smallest absolute Gasteiger partial charge is 0.291 e. The monoisotopic (exact) mass is 469 g/mol. The zero-order valence-corrected chi connectivity index (χ0v) is 16.4. The van der Waals surface area contributed by atoms with E-state index in [1.165, 1.54) is 14.2 Å². The minimum absolute atomic E-state index is 0.0418. The summed E-state index contributed by atoms with van der Waals surface area (Å²) in [5.41, 5.74) is 1.00. The average Bonchev–Trinajstić information content (AvgIpc) is 3.03. The van der Waals surface area contributed by atoms with E-state index in [2.05, 4.69) is 37.2 Å². The second-order valence-electron chi connectivity index (χ2n) is 5.07. The van der Waals surface area contributed by atoms with E-state index in [4.69, 9.17) is 13.9 Å². The number of carbonyl (C=O) groups excluding carboxylic acids is 1. The summed E-state index contributed by atoms with van der Waals surface area (Å²) in [5.74, 6) is 0.795. The first-order valence-corrected chi connectivity index (χ1v) is 8.67. The van der Waals surface area contributed by atoms with Crippen molar-refractivity contribution in [3.8, 4) is 17.2 Å². The Morgan fingerprint density at radius 1 is 1.12 bits per heavy atom. The van der Waals surface area contributed by atoms with Crippen molar-refractivity contribution in [1.82, 2.24) is 0 Å². The van der Waals surface area contributed by atoms with E-state index in [9.17, 15) is 9.90 Å². The van der Waals surface area contributed by atoms with Crippen LogP contribution in [0.2, 0.25) is 0 Å². The predicted octanol–water partition coefficient (Wildman–Crippen LogP) is 4.93. The number of carbonyl (C=O) groups is 1. The SMILES string of the molecule is COc1ccc(NC(=O)c2cc3c(Br)c(O)c(Br)cc3o2)cc1OC. The van der Waals surface area contributed by atoms with Crippen molar-refractivity contribution in [1.29, 1.82) is 0 Å². The number of anilines is 1. The molecule has 2 N–H and O–H groups in total. The number of aromatic hydroxyl groups is 1. The Hall–Kier alpha value is -2.19. The van der Waals surface area contributed by atoms with Crippen molar-refractivity contribution >= 4 is 54.4 Å². The summed E-state index contributed by atoms with van der Waals surface area (Å²) < 4.78 is 16.9. The van der Waals surface area contributed by atoms with Gasteiger partial charge < -0.3 is 24.3 Å². The van der Waals surface area contributed by atoms with Crippen LogP contribution in [0.1, 0.15) is 10.6 Å². The number of phenols is 1. The molecule has 0 atom stereocenters. The summed E-state index contributed by atoms with van der Waals surface area (Å²) in [6.45, 7) is 0. The average molecular weight is 471 g/mol. The van der Waals surface area contributed by atoms with Gasteiger partial charge in [-0.25, -0.2) is 0 Å². The number of phenolic OH excluding ortho intramolecular Hbond substituents is 1. The molecule has 0 aliphatic carbocycles. The number of halogens is 2. The van der Waals surface area contributed by atoms with Crippen LogP contribution in [0.4, 0.5) is 5.69 Å². The highest BCUT2D eigenvalue weighted by molar-refractivity contribution is 9.11. The molecule has 0 fully saturated rings. The second kappa shape index (κ2) is 6.97. The van der Waals surface area contributed by atoms with Gasteiger partial charge in [-0.05, 0) is 56.1 Å². The molecule has 1 amide bonds. The lowest BCUT2D eigenvalue weighted by Crippen LogP contribution is -2.10. The summed E-state index contributed by atoms with van der Waals surface area (Å²) in [6, 6.07) is 8.20. The van der Waals surface area contributed by atoms with E-state index in [-0.39, 0.29) is 11.5 Å². The fourth-order valence-electron chi connectivity index (χ4n) is 2.32. The lowest BCUT2D eigenvalue weighted by molar-refractivity contribution is 0.0998. The fourth-order valence-corrected chi connectivity index (χ4v) is 3.51. The zero-order valence-electron chi connectivity index (χ0n) is 13.2. The first-order chi connectivity index (χ1) is 11.9. The Kier molecular flexibility index (Phi) is 4.91. The standard InChI is InChI=1S/C17H13Br2NO5/c1-23-11-4-3-8(5-13(11)24-2)20-17(22)14-6-9-12(25-14)7-10(18)16(21)15(9)19/h3-7,21H,1-2H3,(H,20,22). The third-order valence-electron chi connectivity index (χ3n) is 3.55. The van der Waals surface area contributed by atoms with Crippen molar-refractivity contribution in [3.63, 3.8) is 0 Å².